The quantitative estimate of drug-likeness (QED) is 0.655. The van der Waals surface area contributed by atoms with Crippen molar-refractivity contribution < 1.29 is 18.1 Å². The Morgan fingerprint density at radius 3 is 2.00 bits per heavy atom. The third-order valence-electron chi connectivity index (χ3n) is 4.41. The van der Waals surface area contributed by atoms with Crippen LogP contribution in [0.1, 0.15) is 26.2 Å². The van der Waals surface area contributed by atoms with Gasteiger partial charge in [0.15, 0.2) is 0 Å². The van der Waals surface area contributed by atoms with Gasteiger partial charge in [-0.25, -0.2) is 0 Å². The smallest absolute Gasteiger partial charge is 0.376 e. The van der Waals surface area contributed by atoms with Crippen LogP contribution in [-0.2, 0) is 18.1 Å². The van der Waals surface area contributed by atoms with Crippen molar-refractivity contribution in [2.24, 2.45) is 5.92 Å². The van der Waals surface area contributed by atoms with E-state index in [-0.39, 0.29) is 17.5 Å². The van der Waals surface area contributed by atoms with Gasteiger partial charge in [0, 0.05) is 41.3 Å². The van der Waals surface area contributed by atoms with Gasteiger partial charge in [0.2, 0.25) is 5.91 Å². The second-order valence-electron chi connectivity index (χ2n) is 5.68. The summed E-state index contributed by atoms with van der Waals surface area (Å²) in [5.41, 5.74) is 0.146. The molecule has 6 nitrogen and oxygen atoms in total. The Balaban J connectivity index is 2.72. The van der Waals surface area contributed by atoms with Crippen LogP contribution < -0.4 is 0 Å². The number of likely N-dealkylation sites (tertiary alicyclic amines) is 1. The van der Waals surface area contributed by atoms with Crippen LogP contribution in [0.2, 0.25) is 0 Å². The van der Waals surface area contributed by atoms with Crippen LogP contribution in [0.3, 0.4) is 0 Å². The molecule has 1 amide bonds. The van der Waals surface area contributed by atoms with Crippen LogP contribution in [0.25, 0.3) is 0 Å². The number of hydrogen-bond acceptors (Lipinski definition) is 5. The summed E-state index contributed by atoms with van der Waals surface area (Å²) in [5, 5.41) is 0. The van der Waals surface area contributed by atoms with Gasteiger partial charge in [-0.15, -0.1) is 0 Å². The highest BCUT2D eigenvalue weighted by atomic mass is 28.4. The number of nitrogens with zero attached hydrogens (tertiary/aromatic N) is 2. The molecule has 1 heterocycles. The Hall–Kier alpha value is -0.473. The summed E-state index contributed by atoms with van der Waals surface area (Å²) >= 11 is 0. The van der Waals surface area contributed by atoms with Gasteiger partial charge in [0.25, 0.3) is 0 Å². The standard InChI is InChI=1S/C14H30N2O4Si/c1-7-13(21(18-4,19-5)20-6)16-10-8-12(9-11-16)14(17)15(2)3/h12-13H,7-11H2,1-6H3. The van der Waals surface area contributed by atoms with Crippen molar-refractivity contribution in [3.8, 4) is 0 Å². The topological polar surface area (TPSA) is 51.2 Å². The number of piperidine rings is 1. The Labute approximate surface area is 129 Å². The lowest BCUT2D eigenvalue weighted by Gasteiger charge is -2.42. The van der Waals surface area contributed by atoms with E-state index in [0.717, 1.165) is 32.4 Å². The van der Waals surface area contributed by atoms with E-state index in [1.54, 1.807) is 26.2 Å². The third-order valence-corrected chi connectivity index (χ3v) is 7.71. The maximum atomic E-state index is 12.1. The normalized spacial score (nSPS) is 19.5. The van der Waals surface area contributed by atoms with E-state index >= 15 is 0 Å². The summed E-state index contributed by atoms with van der Waals surface area (Å²) in [7, 11) is 5.94. The van der Waals surface area contributed by atoms with Crippen LogP contribution in [0.15, 0.2) is 0 Å². The van der Waals surface area contributed by atoms with Crippen molar-refractivity contribution in [3.63, 3.8) is 0 Å². The van der Waals surface area contributed by atoms with Crippen molar-refractivity contribution in [2.75, 3.05) is 48.5 Å². The first-order valence-corrected chi connectivity index (χ1v) is 9.36. The van der Waals surface area contributed by atoms with Gasteiger partial charge in [-0.3, -0.25) is 9.69 Å². The molecule has 0 spiro atoms. The zero-order valence-electron chi connectivity index (χ0n) is 14.2. The minimum atomic E-state index is -2.67. The van der Waals surface area contributed by atoms with Gasteiger partial charge in [0.1, 0.15) is 0 Å². The molecule has 0 aromatic carbocycles. The fourth-order valence-electron chi connectivity index (χ4n) is 3.21. The molecule has 124 valence electrons. The van der Waals surface area contributed by atoms with E-state index < -0.39 is 8.80 Å². The summed E-state index contributed by atoms with van der Waals surface area (Å²) in [6, 6.07) is 0. The fourth-order valence-corrected chi connectivity index (χ4v) is 5.73. The predicted octanol–water partition coefficient (Wildman–Crippen LogP) is 0.983. The highest BCUT2D eigenvalue weighted by Gasteiger charge is 2.50. The Morgan fingerprint density at radius 1 is 1.19 bits per heavy atom. The molecule has 0 aliphatic carbocycles. The molecule has 0 saturated carbocycles. The molecule has 0 radical (unpaired) electrons. The average Bonchev–Trinajstić information content (AvgIpc) is 2.52. The predicted molar refractivity (Wildman–Crippen MR) is 83.9 cm³/mol. The number of hydrogen-bond donors (Lipinski definition) is 0. The first kappa shape index (κ1) is 18.6. The second-order valence-corrected chi connectivity index (χ2v) is 8.78. The average molecular weight is 318 g/mol. The van der Waals surface area contributed by atoms with Crippen molar-refractivity contribution in [3.05, 3.63) is 0 Å². The monoisotopic (exact) mass is 318 g/mol. The van der Waals surface area contributed by atoms with Gasteiger partial charge in [0.05, 0.1) is 5.67 Å². The molecule has 1 fully saturated rings. The molecule has 0 aromatic heterocycles. The van der Waals surface area contributed by atoms with E-state index in [9.17, 15) is 4.79 Å². The molecule has 7 heteroatoms. The van der Waals surface area contributed by atoms with Crippen LogP contribution in [0.4, 0.5) is 0 Å². The molecular weight excluding hydrogens is 288 g/mol. The van der Waals surface area contributed by atoms with Crippen molar-refractivity contribution in [1.29, 1.82) is 0 Å². The highest BCUT2D eigenvalue weighted by Crippen LogP contribution is 2.26. The van der Waals surface area contributed by atoms with E-state index in [0.29, 0.717) is 0 Å². The lowest BCUT2D eigenvalue weighted by atomic mass is 9.95. The SMILES string of the molecule is CCC(N1CCC(C(=O)N(C)C)CC1)[Si](OC)(OC)OC. The lowest BCUT2D eigenvalue weighted by molar-refractivity contribution is -0.134. The number of amides is 1. The molecule has 1 rings (SSSR count). The molecule has 0 bridgehead atoms. The summed E-state index contributed by atoms with van der Waals surface area (Å²) in [4.78, 5) is 16.1. The van der Waals surface area contributed by atoms with Gasteiger partial charge in [-0.2, -0.15) is 0 Å². The van der Waals surface area contributed by atoms with Crippen LogP contribution in [-0.4, -0.2) is 78.7 Å². The van der Waals surface area contributed by atoms with Crippen molar-refractivity contribution in [2.45, 2.75) is 31.9 Å². The van der Waals surface area contributed by atoms with E-state index in [1.165, 1.54) is 0 Å². The van der Waals surface area contributed by atoms with Crippen molar-refractivity contribution in [1.82, 2.24) is 9.80 Å². The minimum Gasteiger partial charge on any atom is -0.376 e. The molecule has 1 saturated heterocycles. The van der Waals surface area contributed by atoms with Crippen LogP contribution in [0.5, 0.6) is 0 Å². The molecule has 1 aliphatic heterocycles. The first-order valence-electron chi connectivity index (χ1n) is 7.56. The Kier molecular flexibility index (Phi) is 7.29. The summed E-state index contributed by atoms with van der Waals surface area (Å²) in [6.45, 7) is 3.89. The molecule has 1 atom stereocenters. The maximum Gasteiger partial charge on any atom is 0.518 e. The zero-order valence-corrected chi connectivity index (χ0v) is 15.2. The molecule has 1 unspecified atom stereocenters. The van der Waals surface area contributed by atoms with E-state index in [1.807, 2.05) is 14.1 Å². The minimum absolute atomic E-state index is 0.137. The fraction of sp³-hybridized carbons (Fsp3) is 0.929. The van der Waals surface area contributed by atoms with Crippen LogP contribution in [0, 0.1) is 5.92 Å². The Morgan fingerprint density at radius 2 is 1.67 bits per heavy atom. The molecule has 21 heavy (non-hydrogen) atoms. The van der Waals surface area contributed by atoms with Crippen LogP contribution >= 0.6 is 0 Å². The molecule has 0 aromatic rings. The summed E-state index contributed by atoms with van der Waals surface area (Å²) < 4.78 is 16.9. The zero-order chi connectivity index (χ0) is 16.0. The summed E-state index contributed by atoms with van der Waals surface area (Å²) in [5.74, 6) is 0.369. The van der Waals surface area contributed by atoms with Gasteiger partial charge in [-0.1, -0.05) is 6.92 Å². The maximum absolute atomic E-state index is 12.1. The largest absolute Gasteiger partial charge is 0.518 e. The van der Waals surface area contributed by atoms with E-state index in [4.69, 9.17) is 13.3 Å². The third kappa shape index (κ3) is 4.04. The molecular formula is C14H30N2O4Si. The lowest BCUT2D eigenvalue weighted by Crippen LogP contribution is -2.62. The molecule has 0 N–H and O–H groups in total. The van der Waals surface area contributed by atoms with Gasteiger partial charge >= 0.3 is 8.80 Å². The number of rotatable bonds is 7. The highest BCUT2D eigenvalue weighted by molar-refractivity contribution is 6.62. The van der Waals surface area contributed by atoms with Gasteiger partial charge < -0.3 is 18.2 Å². The molecule has 1 aliphatic rings. The van der Waals surface area contributed by atoms with Gasteiger partial charge in [-0.05, 0) is 32.4 Å². The second kappa shape index (κ2) is 8.24. The first-order chi connectivity index (χ1) is 9.95. The van der Waals surface area contributed by atoms with E-state index in [2.05, 4.69) is 11.8 Å². The summed E-state index contributed by atoms with van der Waals surface area (Å²) in [6.07, 6.45) is 2.68. The number of carbonyl (C=O) groups excluding carboxylic acids is 1. The van der Waals surface area contributed by atoms with Crippen molar-refractivity contribution >= 4 is 14.7 Å². The number of carbonyl (C=O) groups is 1. The Bertz CT molecular complexity index is 321.